The lowest BCUT2D eigenvalue weighted by atomic mass is 9.97. The van der Waals surface area contributed by atoms with Crippen LogP contribution in [0.2, 0.25) is 0 Å². The highest BCUT2D eigenvalue weighted by atomic mass is 35.5. The van der Waals surface area contributed by atoms with Crippen molar-refractivity contribution >= 4 is 11.6 Å². The first-order chi connectivity index (χ1) is 8.66. The molecule has 0 aliphatic carbocycles. The summed E-state index contributed by atoms with van der Waals surface area (Å²) in [7, 11) is 0. The molecule has 0 spiro atoms. The summed E-state index contributed by atoms with van der Waals surface area (Å²) < 4.78 is 5.75. The zero-order valence-corrected chi connectivity index (χ0v) is 12.2. The van der Waals surface area contributed by atoms with Gasteiger partial charge in [-0.25, -0.2) is 0 Å². The topological polar surface area (TPSA) is 9.23 Å². The minimum Gasteiger partial charge on any atom is -0.378 e. The van der Waals surface area contributed by atoms with Gasteiger partial charge >= 0.3 is 0 Å². The quantitative estimate of drug-likeness (QED) is 0.702. The molecule has 1 saturated heterocycles. The van der Waals surface area contributed by atoms with Crippen LogP contribution in [0, 0.1) is 13.8 Å². The predicted molar refractivity (Wildman–Crippen MR) is 77.3 cm³/mol. The van der Waals surface area contributed by atoms with Gasteiger partial charge in [-0.15, -0.1) is 11.6 Å². The molecule has 2 atom stereocenters. The molecule has 1 heterocycles. The summed E-state index contributed by atoms with van der Waals surface area (Å²) in [6.45, 7) is 5.20. The van der Waals surface area contributed by atoms with Crippen LogP contribution in [0.1, 0.15) is 54.2 Å². The van der Waals surface area contributed by atoms with E-state index < -0.39 is 0 Å². The van der Waals surface area contributed by atoms with Crippen LogP contribution in [-0.2, 0) is 4.74 Å². The fourth-order valence-electron chi connectivity index (χ4n) is 2.70. The summed E-state index contributed by atoms with van der Waals surface area (Å²) in [5.41, 5.74) is 3.88. The summed E-state index contributed by atoms with van der Waals surface area (Å²) >= 11 is 6.53. The van der Waals surface area contributed by atoms with Gasteiger partial charge in [0.1, 0.15) is 0 Å². The van der Waals surface area contributed by atoms with Crippen molar-refractivity contribution in [2.45, 2.75) is 57.4 Å². The number of aryl methyl sites for hydroxylation is 2. The number of ether oxygens (including phenoxy) is 1. The van der Waals surface area contributed by atoms with Crippen molar-refractivity contribution in [3.05, 3.63) is 34.9 Å². The van der Waals surface area contributed by atoms with E-state index in [2.05, 4.69) is 32.0 Å². The Hall–Kier alpha value is -0.530. The molecule has 0 aromatic heterocycles. The van der Waals surface area contributed by atoms with E-state index in [1.165, 1.54) is 36.0 Å². The van der Waals surface area contributed by atoms with E-state index in [1.807, 2.05) is 0 Å². The molecule has 2 unspecified atom stereocenters. The first kappa shape index (κ1) is 13.9. The highest BCUT2D eigenvalue weighted by Gasteiger charge is 2.17. The summed E-state index contributed by atoms with van der Waals surface area (Å²) in [5.74, 6) is 0. The van der Waals surface area contributed by atoms with Crippen LogP contribution >= 0.6 is 11.6 Å². The molecule has 0 amide bonds. The zero-order valence-electron chi connectivity index (χ0n) is 11.4. The molecule has 2 rings (SSSR count). The molecule has 1 nitrogen and oxygen atoms in total. The molecule has 0 N–H and O–H groups in total. The molecule has 1 aromatic carbocycles. The van der Waals surface area contributed by atoms with Crippen molar-refractivity contribution in [2.24, 2.45) is 0 Å². The summed E-state index contributed by atoms with van der Waals surface area (Å²) in [4.78, 5) is 0. The summed E-state index contributed by atoms with van der Waals surface area (Å²) in [6.07, 6.45) is 6.26. The highest BCUT2D eigenvalue weighted by Crippen LogP contribution is 2.31. The van der Waals surface area contributed by atoms with Gasteiger partial charge in [-0.05, 0) is 57.1 Å². The first-order valence-corrected chi connectivity index (χ1v) is 7.43. The third-order valence-corrected chi connectivity index (χ3v) is 4.23. The molecule has 2 heteroatoms. The Morgan fingerprint density at radius 3 is 2.83 bits per heavy atom. The Bertz CT molecular complexity index is 383. The Morgan fingerprint density at radius 1 is 1.33 bits per heavy atom. The van der Waals surface area contributed by atoms with Gasteiger partial charge in [0, 0.05) is 6.61 Å². The first-order valence-electron chi connectivity index (χ1n) is 6.99. The predicted octanol–water partition coefficient (Wildman–Crippen LogP) is 4.93. The minimum atomic E-state index is 0.121. The second-order valence-electron chi connectivity index (χ2n) is 5.39. The Labute approximate surface area is 115 Å². The highest BCUT2D eigenvalue weighted by molar-refractivity contribution is 6.20. The maximum atomic E-state index is 6.53. The molecule has 1 fully saturated rings. The van der Waals surface area contributed by atoms with Crippen molar-refractivity contribution < 1.29 is 4.74 Å². The van der Waals surface area contributed by atoms with E-state index in [1.54, 1.807) is 0 Å². The number of alkyl halides is 1. The molecule has 1 aliphatic heterocycles. The van der Waals surface area contributed by atoms with Crippen LogP contribution in [0.3, 0.4) is 0 Å². The number of hydrogen-bond acceptors (Lipinski definition) is 1. The smallest absolute Gasteiger partial charge is 0.0588 e. The van der Waals surface area contributed by atoms with Crippen molar-refractivity contribution in [1.29, 1.82) is 0 Å². The Kier molecular flexibility index (Phi) is 5.08. The lowest BCUT2D eigenvalue weighted by molar-refractivity contribution is 0.01000. The third-order valence-electron chi connectivity index (χ3n) is 3.78. The molecule has 0 saturated carbocycles. The van der Waals surface area contributed by atoms with Gasteiger partial charge < -0.3 is 4.74 Å². The van der Waals surface area contributed by atoms with Gasteiger partial charge in [0.05, 0.1) is 11.5 Å². The molecule has 100 valence electrons. The van der Waals surface area contributed by atoms with E-state index in [-0.39, 0.29) is 5.38 Å². The SMILES string of the molecule is Cc1ccc(C(Cl)CCC2CCCCO2)c(C)c1. The number of benzene rings is 1. The number of hydrogen-bond donors (Lipinski definition) is 0. The van der Waals surface area contributed by atoms with Crippen LogP contribution in [0.15, 0.2) is 18.2 Å². The molecule has 1 aliphatic rings. The average Bonchev–Trinajstić information content (AvgIpc) is 2.37. The molecule has 0 bridgehead atoms. The minimum absolute atomic E-state index is 0.121. The van der Waals surface area contributed by atoms with Gasteiger partial charge in [0.25, 0.3) is 0 Å². The summed E-state index contributed by atoms with van der Waals surface area (Å²) in [6, 6.07) is 6.53. The van der Waals surface area contributed by atoms with Crippen molar-refractivity contribution in [2.75, 3.05) is 6.61 Å². The maximum Gasteiger partial charge on any atom is 0.0588 e. The van der Waals surface area contributed by atoms with Gasteiger partial charge in [0.2, 0.25) is 0 Å². The van der Waals surface area contributed by atoms with E-state index in [4.69, 9.17) is 16.3 Å². The van der Waals surface area contributed by atoms with E-state index in [0.717, 1.165) is 19.4 Å². The van der Waals surface area contributed by atoms with E-state index >= 15 is 0 Å². The van der Waals surface area contributed by atoms with E-state index in [9.17, 15) is 0 Å². The second kappa shape index (κ2) is 6.58. The van der Waals surface area contributed by atoms with Gasteiger partial charge in [-0.1, -0.05) is 23.8 Å². The molecule has 1 aromatic rings. The molecule has 0 radical (unpaired) electrons. The maximum absolute atomic E-state index is 6.53. The van der Waals surface area contributed by atoms with Crippen LogP contribution in [0.4, 0.5) is 0 Å². The fraction of sp³-hybridized carbons (Fsp3) is 0.625. The second-order valence-corrected chi connectivity index (χ2v) is 5.92. The Morgan fingerprint density at radius 2 is 2.17 bits per heavy atom. The zero-order chi connectivity index (χ0) is 13.0. The Balaban J connectivity index is 1.88. The van der Waals surface area contributed by atoms with Crippen molar-refractivity contribution in [3.8, 4) is 0 Å². The monoisotopic (exact) mass is 266 g/mol. The largest absolute Gasteiger partial charge is 0.378 e. The molecule has 18 heavy (non-hydrogen) atoms. The average molecular weight is 267 g/mol. The van der Waals surface area contributed by atoms with E-state index in [0.29, 0.717) is 6.10 Å². The fourth-order valence-corrected chi connectivity index (χ4v) is 3.07. The van der Waals surface area contributed by atoms with Crippen LogP contribution in [0.5, 0.6) is 0 Å². The van der Waals surface area contributed by atoms with Crippen LogP contribution in [0.25, 0.3) is 0 Å². The van der Waals surface area contributed by atoms with Crippen LogP contribution < -0.4 is 0 Å². The van der Waals surface area contributed by atoms with Crippen molar-refractivity contribution in [3.63, 3.8) is 0 Å². The lowest BCUT2D eigenvalue weighted by Gasteiger charge is -2.23. The van der Waals surface area contributed by atoms with Gasteiger partial charge in [0.15, 0.2) is 0 Å². The molecular formula is C16H23ClO. The third kappa shape index (κ3) is 3.73. The number of halogens is 1. The van der Waals surface area contributed by atoms with Gasteiger partial charge in [-0.3, -0.25) is 0 Å². The number of rotatable bonds is 4. The standard InChI is InChI=1S/C16H23ClO/c1-12-6-8-15(13(2)11-12)16(17)9-7-14-5-3-4-10-18-14/h6,8,11,14,16H,3-5,7,9-10H2,1-2H3. The normalized spacial score (nSPS) is 21.8. The van der Waals surface area contributed by atoms with Crippen LogP contribution in [-0.4, -0.2) is 12.7 Å². The summed E-state index contributed by atoms with van der Waals surface area (Å²) in [5, 5.41) is 0.121. The van der Waals surface area contributed by atoms with Gasteiger partial charge in [-0.2, -0.15) is 0 Å². The molecular weight excluding hydrogens is 244 g/mol. The van der Waals surface area contributed by atoms with Crippen molar-refractivity contribution in [1.82, 2.24) is 0 Å². The lowest BCUT2D eigenvalue weighted by Crippen LogP contribution is -2.19.